The van der Waals surface area contributed by atoms with Crippen molar-refractivity contribution in [3.63, 3.8) is 0 Å². The molecule has 5 nitrogen and oxygen atoms in total. The molecule has 0 radical (unpaired) electrons. The van der Waals surface area contributed by atoms with Gasteiger partial charge in [-0.25, -0.2) is 0 Å². The third-order valence-corrected chi connectivity index (χ3v) is 4.10. The summed E-state index contributed by atoms with van der Waals surface area (Å²) >= 11 is 6.32. The van der Waals surface area contributed by atoms with Crippen molar-refractivity contribution in [1.29, 1.82) is 0 Å². The number of benzene rings is 1. The van der Waals surface area contributed by atoms with Crippen molar-refractivity contribution in [2.24, 2.45) is 5.92 Å². The Kier molecular flexibility index (Phi) is 9.08. The fraction of sp³-hybridized carbons (Fsp3) is 0.632. The molecule has 0 aliphatic heterocycles. The Hall–Kier alpha value is -1.46. The Morgan fingerprint density at radius 2 is 1.92 bits per heavy atom. The molecule has 1 aromatic rings. The third-order valence-electron chi connectivity index (χ3n) is 3.82. The van der Waals surface area contributed by atoms with Crippen LogP contribution in [0.3, 0.4) is 0 Å². The average Bonchev–Trinajstić information content (AvgIpc) is 2.53. The van der Waals surface area contributed by atoms with E-state index in [0.717, 1.165) is 19.4 Å². The smallest absolute Gasteiger partial charge is 0.251 e. The minimum Gasteiger partial charge on any atom is -0.493 e. The first-order valence-electron chi connectivity index (χ1n) is 8.70. The van der Waals surface area contributed by atoms with Crippen molar-refractivity contribution in [3.8, 4) is 11.5 Å². The molecule has 1 atom stereocenters. The van der Waals surface area contributed by atoms with E-state index >= 15 is 0 Å². The zero-order valence-electron chi connectivity index (χ0n) is 16.2. The maximum atomic E-state index is 12.5. The van der Waals surface area contributed by atoms with Gasteiger partial charge in [-0.2, -0.15) is 0 Å². The number of carbonyl (C=O) groups excluding carboxylic acids is 1. The number of halogens is 1. The molecule has 0 aliphatic rings. The Bertz CT molecular complexity index is 562. The molecule has 1 rings (SSSR count). The van der Waals surface area contributed by atoms with Crippen molar-refractivity contribution in [3.05, 3.63) is 22.7 Å². The maximum absolute atomic E-state index is 12.5. The number of carbonyl (C=O) groups is 1. The van der Waals surface area contributed by atoms with Crippen LogP contribution in [0.1, 0.15) is 44.0 Å². The molecule has 1 aromatic carbocycles. The molecule has 0 saturated heterocycles. The van der Waals surface area contributed by atoms with Gasteiger partial charge in [0, 0.05) is 11.6 Å². The molecule has 0 aliphatic carbocycles. The SMILES string of the molecule is COc1cc(C(=O)NC(C)CCN(C)C)cc(Cl)c1OCCC(C)C. The molecular weight excluding hydrogens is 340 g/mol. The fourth-order valence-electron chi connectivity index (χ4n) is 2.22. The standard InChI is InChI=1S/C19H31ClN2O3/c1-13(2)8-10-25-18-16(20)11-15(12-17(18)24-6)19(23)21-14(3)7-9-22(4)5/h11-14H,7-10H2,1-6H3,(H,21,23). The van der Waals surface area contributed by atoms with E-state index in [2.05, 4.69) is 24.1 Å². The normalized spacial score (nSPS) is 12.4. The maximum Gasteiger partial charge on any atom is 0.251 e. The molecular formula is C19H31ClN2O3. The van der Waals surface area contributed by atoms with Crippen LogP contribution in [-0.4, -0.2) is 51.2 Å². The Balaban J connectivity index is 2.80. The lowest BCUT2D eigenvalue weighted by Crippen LogP contribution is -2.34. The first kappa shape index (κ1) is 21.6. The van der Waals surface area contributed by atoms with Crippen molar-refractivity contribution >= 4 is 17.5 Å². The Morgan fingerprint density at radius 3 is 2.48 bits per heavy atom. The highest BCUT2D eigenvalue weighted by Crippen LogP contribution is 2.36. The lowest BCUT2D eigenvalue weighted by Gasteiger charge is -2.18. The van der Waals surface area contributed by atoms with Gasteiger partial charge < -0.3 is 19.7 Å². The molecule has 25 heavy (non-hydrogen) atoms. The minimum atomic E-state index is -0.166. The first-order chi connectivity index (χ1) is 11.7. The molecule has 0 bridgehead atoms. The van der Waals surface area contributed by atoms with Crippen LogP contribution in [0.2, 0.25) is 5.02 Å². The van der Waals surface area contributed by atoms with Crippen LogP contribution >= 0.6 is 11.6 Å². The lowest BCUT2D eigenvalue weighted by molar-refractivity contribution is 0.0936. The molecule has 1 N–H and O–H groups in total. The fourth-order valence-corrected chi connectivity index (χ4v) is 2.48. The first-order valence-corrected chi connectivity index (χ1v) is 9.08. The second kappa shape index (κ2) is 10.5. The van der Waals surface area contributed by atoms with Crippen molar-refractivity contribution < 1.29 is 14.3 Å². The molecule has 0 spiro atoms. The van der Waals surface area contributed by atoms with E-state index in [1.807, 2.05) is 21.0 Å². The summed E-state index contributed by atoms with van der Waals surface area (Å²) < 4.78 is 11.1. The van der Waals surface area contributed by atoms with Gasteiger partial charge in [-0.15, -0.1) is 0 Å². The van der Waals surface area contributed by atoms with Gasteiger partial charge in [-0.3, -0.25) is 4.79 Å². The third kappa shape index (κ3) is 7.53. The summed E-state index contributed by atoms with van der Waals surface area (Å²) in [6, 6.07) is 3.37. The minimum absolute atomic E-state index is 0.0710. The number of methoxy groups -OCH3 is 1. The molecule has 0 aromatic heterocycles. The summed E-state index contributed by atoms with van der Waals surface area (Å²) in [4.78, 5) is 14.5. The average molecular weight is 371 g/mol. The number of ether oxygens (including phenoxy) is 2. The zero-order valence-corrected chi connectivity index (χ0v) is 16.9. The van der Waals surface area contributed by atoms with Crippen LogP contribution in [0.25, 0.3) is 0 Å². The number of nitrogens with zero attached hydrogens (tertiary/aromatic N) is 1. The molecule has 1 amide bonds. The number of hydrogen-bond donors (Lipinski definition) is 1. The molecule has 1 unspecified atom stereocenters. The largest absolute Gasteiger partial charge is 0.493 e. The molecule has 142 valence electrons. The van der Waals surface area contributed by atoms with Crippen LogP contribution < -0.4 is 14.8 Å². The van der Waals surface area contributed by atoms with Gasteiger partial charge in [-0.05, 0) is 58.5 Å². The van der Waals surface area contributed by atoms with Crippen LogP contribution in [0, 0.1) is 5.92 Å². The van der Waals surface area contributed by atoms with Gasteiger partial charge in [-0.1, -0.05) is 25.4 Å². The number of amides is 1. The molecule has 0 fully saturated rings. The second-order valence-corrected chi connectivity index (χ2v) is 7.39. The topological polar surface area (TPSA) is 50.8 Å². The predicted octanol–water partition coefficient (Wildman–Crippen LogP) is 3.84. The van der Waals surface area contributed by atoms with Gasteiger partial charge in [0.15, 0.2) is 11.5 Å². The van der Waals surface area contributed by atoms with Gasteiger partial charge in [0.05, 0.1) is 18.7 Å². The summed E-state index contributed by atoms with van der Waals surface area (Å²) in [6.45, 7) is 7.72. The van der Waals surface area contributed by atoms with E-state index in [4.69, 9.17) is 21.1 Å². The van der Waals surface area contributed by atoms with Crippen molar-refractivity contribution in [2.75, 3.05) is 34.4 Å². The van der Waals surface area contributed by atoms with E-state index in [0.29, 0.717) is 34.6 Å². The van der Waals surface area contributed by atoms with Crippen molar-refractivity contribution in [1.82, 2.24) is 10.2 Å². The Labute approximate surface area is 156 Å². The van der Waals surface area contributed by atoms with E-state index in [9.17, 15) is 4.79 Å². The predicted molar refractivity (Wildman–Crippen MR) is 103 cm³/mol. The van der Waals surface area contributed by atoms with Crippen LogP contribution in [0.4, 0.5) is 0 Å². The van der Waals surface area contributed by atoms with Gasteiger partial charge in [0.1, 0.15) is 0 Å². The van der Waals surface area contributed by atoms with Crippen LogP contribution in [-0.2, 0) is 0 Å². The second-order valence-electron chi connectivity index (χ2n) is 6.99. The number of rotatable bonds is 10. The van der Waals surface area contributed by atoms with Crippen LogP contribution in [0.5, 0.6) is 11.5 Å². The highest BCUT2D eigenvalue weighted by atomic mass is 35.5. The van der Waals surface area contributed by atoms with E-state index < -0.39 is 0 Å². The number of hydrogen-bond acceptors (Lipinski definition) is 4. The van der Waals surface area contributed by atoms with Crippen molar-refractivity contribution in [2.45, 2.75) is 39.7 Å². The zero-order chi connectivity index (χ0) is 19.0. The van der Waals surface area contributed by atoms with Gasteiger partial charge >= 0.3 is 0 Å². The highest BCUT2D eigenvalue weighted by molar-refractivity contribution is 6.32. The lowest BCUT2D eigenvalue weighted by atomic mass is 10.1. The quantitative estimate of drug-likeness (QED) is 0.679. The van der Waals surface area contributed by atoms with Gasteiger partial charge in [0.2, 0.25) is 0 Å². The molecule has 6 heteroatoms. The summed E-state index contributed by atoms with van der Waals surface area (Å²) in [6.07, 6.45) is 1.80. The number of nitrogens with one attached hydrogen (secondary N) is 1. The summed E-state index contributed by atoms with van der Waals surface area (Å²) in [5, 5.41) is 3.37. The molecule has 0 saturated carbocycles. The van der Waals surface area contributed by atoms with E-state index in [1.54, 1.807) is 19.2 Å². The summed E-state index contributed by atoms with van der Waals surface area (Å²) in [5.41, 5.74) is 0.467. The van der Waals surface area contributed by atoms with Gasteiger partial charge in [0.25, 0.3) is 5.91 Å². The summed E-state index contributed by atoms with van der Waals surface area (Å²) in [7, 11) is 5.57. The molecule has 0 heterocycles. The monoisotopic (exact) mass is 370 g/mol. The summed E-state index contributed by atoms with van der Waals surface area (Å²) in [5.74, 6) is 1.34. The van der Waals surface area contributed by atoms with E-state index in [1.165, 1.54) is 0 Å². The highest BCUT2D eigenvalue weighted by Gasteiger charge is 2.17. The Morgan fingerprint density at radius 1 is 1.24 bits per heavy atom. The van der Waals surface area contributed by atoms with Crippen LogP contribution in [0.15, 0.2) is 12.1 Å². The van der Waals surface area contributed by atoms with E-state index in [-0.39, 0.29) is 11.9 Å².